The SMILES string of the molecule is CCOCn1c(SC)nc(CC)c1Cc1ccccc1. The summed E-state index contributed by atoms with van der Waals surface area (Å²) in [5.41, 5.74) is 3.77. The van der Waals surface area contributed by atoms with Crippen molar-refractivity contribution in [3.63, 3.8) is 0 Å². The van der Waals surface area contributed by atoms with Crippen molar-refractivity contribution in [2.45, 2.75) is 38.6 Å². The molecule has 4 heteroatoms. The van der Waals surface area contributed by atoms with Crippen molar-refractivity contribution in [2.75, 3.05) is 12.9 Å². The molecule has 0 saturated heterocycles. The lowest BCUT2D eigenvalue weighted by atomic mass is 10.1. The lowest BCUT2D eigenvalue weighted by Crippen LogP contribution is -2.09. The van der Waals surface area contributed by atoms with E-state index in [0.29, 0.717) is 6.73 Å². The Morgan fingerprint density at radius 2 is 1.95 bits per heavy atom. The molecule has 0 spiro atoms. The second-order valence-corrected chi connectivity index (χ2v) is 5.33. The average Bonchev–Trinajstić information content (AvgIpc) is 2.83. The van der Waals surface area contributed by atoms with Gasteiger partial charge < -0.3 is 4.74 Å². The summed E-state index contributed by atoms with van der Waals surface area (Å²) >= 11 is 1.68. The van der Waals surface area contributed by atoms with Gasteiger partial charge in [0.1, 0.15) is 6.73 Å². The van der Waals surface area contributed by atoms with Crippen LogP contribution >= 0.6 is 11.8 Å². The molecular formula is C16H22N2OS. The highest BCUT2D eigenvalue weighted by molar-refractivity contribution is 7.98. The molecule has 1 aromatic carbocycles. The number of aromatic nitrogens is 2. The largest absolute Gasteiger partial charge is 0.361 e. The first-order valence-corrected chi connectivity index (χ1v) is 8.26. The number of ether oxygens (including phenoxy) is 1. The summed E-state index contributed by atoms with van der Waals surface area (Å²) in [5, 5.41) is 1.04. The molecule has 0 N–H and O–H groups in total. The molecule has 0 aliphatic heterocycles. The van der Waals surface area contributed by atoms with E-state index in [0.717, 1.165) is 24.6 Å². The summed E-state index contributed by atoms with van der Waals surface area (Å²) in [7, 11) is 0. The highest BCUT2D eigenvalue weighted by Gasteiger charge is 2.15. The molecule has 3 nitrogen and oxygen atoms in total. The fourth-order valence-electron chi connectivity index (χ4n) is 2.25. The van der Waals surface area contributed by atoms with Gasteiger partial charge in [0.15, 0.2) is 5.16 Å². The number of thioether (sulfide) groups is 1. The molecule has 2 rings (SSSR count). The Morgan fingerprint density at radius 3 is 2.55 bits per heavy atom. The van der Waals surface area contributed by atoms with Crippen LogP contribution in [0.4, 0.5) is 0 Å². The predicted octanol–water partition coefficient (Wildman–Crippen LogP) is 3.75. The first kappa shape index (κ1) is 15.1. The summed E-state index contributed by atoms with van der Waals surface area (Å²) in [6.07, 6.45) is 3.93. The van der Waals surface area contributed by atoms with Crippen molar-refractivity contribution >= 4 is 11.8 Å². The van der Waals surface area contributed by atoms with Crippen LogP contribution in [0.5, 0.6) is 0 Å². The smallest absolute Gasteiger partial charge is 0.170 e. The second-order valence-electron chi connectivity index (χ2n) is 4.56. The Kier molecular flexibility index (Phi) is 5.68. The molecule has 0 radical (unpaired) electrons. The minimum absolute atomic E-state index is 0.585. The summed E-state index contributed by atoms with van der Waals surface area (Å²) in [6.45, 7) is 5.49. The van der Waals surface area contributed by atoms with Crippen molar-refractivity contribution < 1.29 is 4.74 Å². The Balaban J connectivity index is 2.35. The van der Waals surface area contributed by atoms with Gasteiger partial charge in [-0.3, -0.25) is 4.57 Å². The van der Waals surface area contributed by atoms with Crippen molar-refractivity contribution in [3.8, 4) is 0 Å². The summed E-state index contributed by atoms with van der Waals surface area (Å²) in [5.74, 6) is 0. The van der Waals surface area contributed by atoms with E-state index in [-0.39, 0.29) is 0 Å². The van der Waals surface area contributed by atoms with E-state index in [1.54, 1.807) is 11.8 Å². The van der Waals surface area contributed by atoms with E-state index in [9.17, 15) is 0 Å². The lowest BCUT2D eigenvalue weighted by molar-refractivity contribution is 0.0802. The number of hydrogen-bond donors (Lipinski definition) is 0. The van der Waals surface area contributed by atoms with Crippen LogP contribution in [0.2, 0.25) is 0 Å². The topological polar surface area (TPSA) is 27.1 Å². The summed E-state index contributed by atoms with van der Waals surface area (Å²) in [6, 6.07) is 10.5. The van der Waals surface area contributed by atoms with Gasteiger partial charge in [-0.25, -0.2) is 4.98 Å². The zero-order valence-corrected chi connectivity index (χ0v) is 13.2. The zero-order valence-electron chi connectivity index (χ0n) is 12.4. The van der Waals surface area contributed by atoms with Crippen molar-refractivity contribution in [1.82, 2.24) is 9.55 Å². The predicted molar refractivity (Wildman–Crippen MR) is 84.3 cm³/mol. The maximum absolute atomic E-state index is 5.61. The van der Waals surface area contributed by atoms with E-state index in [4.69, 9.17) is 9.72 Å². The highest BCUT2D eigenvalue weighted by atomic mass is 32.2. The van der Waals surface area contributed by atoms with Crippen molar-refractivity contribution in [3.05, 3.63) is 47.3 Å². The monoisotopic (exact) mass is 290 g/mol. The molecule has 0 fully saturated rings. The third-order valence-corrected chi connectivity index (χ3v) is 3.95. The van der Waals surface area contributed by atoms with E-state index >= 15 is 0 Å². The van der Waals surface area contributed by atoms with Gasteiger partial charge in [-0.2, -0.15) is 0 Å². The molecule has 1 aromatic heterocycles. The lowest BCUT2D eigenvalue weighted by Gasteiger charge is -2.11. The van der Waals surface area contributed by atoms with Crippen LogP contribution in [0.3, 0.4) is 0 Å². The van der Waals surface area contributed by atoms with Gasteiger partial charge >= 0.3 is 0 Å². The normalized spacial score (nSPS) is 10.9. The minimum Gasteiger partial charge on any atom is -0.361 e. The van der Waals surface area contributed by atoms with Crippen LogP contribution in [-0.4, -0.2) is 22.4 Å². The fraction of sp³-hybridized carbons (Fsp3) is 0.438. The van der Waals surface area contributed by atoms with Gasteiger partial charge in [0.2, 0.25) is 0 Å². The molecule has 0 bridgehead atoms. The molecule has 2 aromatic rings. The minimum atomic E-state index is 0.585. The van der Waals surface area contributed by atoms with E-state index in [1.807, 2.05) is 6.92 Å². The molecule has 0 aliphatic rings. The standard InChI is InChI=1S/C16H22N2OS/c1-4-14-15(11-13-9-7-6-8-10-13)18(12-19-5-2)16(17-14)20-3/h6-10H,4-5,11-12H2,1-3H3. The van der Waals surface area contributed by atoms with E-state index in [1.165, 1.54) is 17.0 Å². The second kappa shape index (κ2) is 7.50. The Morgan fingerprint density at radius 1 is 1.20 bits per heavy atom. The van der Waals surface area contributed by atoms with Gasteiger partial charge in [-0.1, -0.05) is 49.0 Å². The maximum Gasteiger partial charge on any atom is 0.170 e. The summed E-state index contributed by atoms with van der Waals surface area (Å²) < 4.78 is 7.82. The Bertz CT molecular complexity index is 537. The van der Waals surface area contributed by atoms with Crippen LogP contribution in [0.25, 0.3) is 0 Å². The van der Waals surface area contributed by atoms with Gasteiger partial charge in [-0.15, -0.1) is 0 Å². The molecule has 1 heterocycles. The summed E-state index contributed by atoms with van der Waals surface area (Å²) in [4.78, 5) is 4.74. The van der Waals surface area contributed by atoms with Crippen LogP contribution in [0, 0.1) is 0 Å². The van der Waals surface area contributed by atoms with E-state index in [2.05, 4.69) is 48.1 Å². The zero-order chi connectivity index (χ0) is 14.4. The third-order valence-electron chi connectivity index (χ3n) is 3.28. The number of rotatable bonds is 7. The quantitative estimate of drug-likeness (QED) is 0.727. The van der Waals surface area contributed by atoms with Crippen LogP contribution < -0.4 is 0 Å². The van der Waals surface area contributed by atoms with E-state index < -0.39 is 0 Å². The number of aryl methyl sites for hydroxylation is 1. The molecule has 0 amide bonds. The fourth-order valence-corrected chi connectivity index (χ4v) is 2.84. The third kappa shape index (κ3) is 3.44. The van der Waals surface area contributed by atoms with Crippen molar-refractivity contribution in [2.24, 2.45) is 0 Å². The van der Waals surface area contributed by atoms with Gasteiger partial charge in [0.05, 0.1) is 5.69 Å². The number of hydrogen-bond acceptors (Lipinski definition) is 3. The Labute approximate surface area is 125 Å². The van der Waals surface area contributed by atoms with Crippen LogP contribution in [-0.2, 0) is 24.3 Å². The van der Waals surface area contributed by atoms with Crippen molar-refractivity contribution in [1.29, 1.82) is 0 Å². The highest BCUT2D eigenvalue weighted by Crippen LogP contribution is 2.23. The van der Waals surface area contributed by atoms with Gasteiger partial charge in [0.25, 0.3) is 0 Å². The van der Waals surface area contributed by atoms with Crippen LogP contribution in [0.15, 0.2) is 35.5 Å². The molecule has 108 valence electrons. The molecule has 0 saturated carbocycles. The maximum atomic E-state index is 5.61. The van der Waals surface area contributed by atoms with Gasteiger partial charge in [0, 0.05) is 18.7 Å². The Hall–Kier alpha value is -1.26. The first-order chi connectivity index (χ1) is 9.80. The number of nitrogens with zero attached hydrogens (tertiary/aromatic N) is 2. The average molecular weight is 290 g/mol. The molecule has 0 unspecified atom stereocenters. The van der Waals surface area contributed by atoms with Crippen LogP contribution in [0.1, 0.15) is 30.8 Å². The number of benzene rings is 1. The van der Waals surface area contributed by atoms with Gasteiger partial charge in [-0.05, 0) is 25.2 Å². The number of imidazole rings is 1. The molecular weight excluding hydrogens is 268 g/mol. The first-order valence-electron chi connectivity index (χ1n) is 7.04. The molecule has 0 atom stereocenters. The molecule has 0 aliphatic carbocycles. The molecule has 20 heavy (non-hydrogen) atoms.